The van der Waals surface area contributed by atoms with Gasteiger partial charge in [0.25, 0.3) is 0 Å². The van der Waals surface area contributed by atoms with Crippen LogP contribution in [-0.2, 0) is 0 Å². The van der Waals surface area contributed by atoms with E-state index in [1.54, 1.807) is 0 Å². The Morgan fingerprint density at radius 1 is 1.33 bits per heavy atom. The summed E-state index contributed by atoms with van der Waals surface area (Å²) in [6.45, 7) is 9.98. The predicted octanol–water partition coefficient (Wildman–Crippen LogP) is 2.25. The molecule has 0 aromatic heterocycles. The standard InChI is InChI=1S/C13H26N2/c1-13(2)7-3-4-9-15(13)10-6-12-5-8-14-11-12/h12,14H,3-11H2,1-2H3. The van der Waals surface area contributed by atoms with Crippen molar-refractivity contribution >= 4 is 0 Å². The first kappa shape index (κ1) is 11.4. The van der Waals surface area contributed by atoms with Gasteiger partial charge in [0, 0.05) is 5.54 Å². The van der Waals surface area contributed by atoms with Gasteiger partial charge in [-0.2, -0.15) is 0 Å². The van der Waals surface area contributed by atoms with Crippen molar-refractivity contribution in [2.75, 3.05) is 26.2 Å². The first-order valence-electron chi connectivity index (χ1n) is 6.64. The van der Waals surface area contributed by atoms with Gasteiger partial charge in [-0.1, -0.05) is 6.42 Å². The summed E-state index contributed by atoms with van der Waals surface area (Å²) in [4.78, 5) is 2.72. The molecule has 2 rings (SSSR count). The highest BCUT2D eigenvalue weighted by atomic mass is 15.2. The molecule has 1 atom stereocenters. The molecule has 2 aliphatic rings. The van der Waals surface area contributed by atoms with Crippen molar-refractivity contribution in [2.24, 2.45) is 5.92 Å². The van der Waals surface area contributed by atoms with Crippen LogP contribution in [0.5, 0.6) is 0 Å². The Bertz CT molecular complexity index is 195. The predicted molar refractivity (Wildman–Crippen MR) is 65.1 cm³/mol. The number of hydrogen-bond acceptors (Lipinski definition) is 2. The van der Waals surface area contributed by atoms with Crippen molar-refractivity contribution in [3.8, 4) is 0 Å². The molecule has 0 bridgehead atoms. The monoisotopic (exact) mass is 210 g/mol. The number of rotatable bonds is 3. The number of nitrogens with zero attached hydrogens (tertiary/aromatic N) is 1. The molecule has 0 radical (unpaired) electrons. The third-order valence-corrected chi connectivity index (χ3v) is 4.29. The summed E-state index contributed by atoms with van der Waals surface area (Å²) in [6.07, 6.45) is 7.02. The minimum atomic E-state index is 0.463. The van der Waals surface area contributed by atoms with Crippen molar-refractivity contribution in [3.63, 3.8) is 0 Å². The second-order valence-corrected chi connectivity index (χ2v) is 5.90. The van der Waals surface area contributed by atoms with E-state index in [2.05, 4.69) is 24.1 Å². The lowest BCUT2D eigenvalue weighted by Crippen LogP contribution is -2.48. The van der Waals surface area contributed by atoms with Crippen LogP contribution in [0, 0.1) is 5.92 Å². The Kier molecular flexibility index (Phi) is 3.68. The Labute approximate surface area is 94.4 Å². The minimum absolute atomic E-state index is 0.463. The fourth-order valence-electron chi connectivity index (χ4n) is 3.03. The van der Waals surface area contributed by atoms with Crippen LogP contribution in [0.1, 0.15) is 46.0 Å². The lowest BCUT2D eigenvalue weighted by Gasteiger charge is -2.43. The first-order chi connectivity index (χ1) is 7.18. The molecule has 15 heavy (non-hydrogen) atoms. The van der Waals surface area contributed by atoms with E-state index in [1.807, 2.05) is 0 Å². The van der Waals surface area contributed by atoms with Gasteiger partial charge in [0.05, 0.1) is 0 Å². The van der Waals surface area contributed by atoms with Crippen LogP contribution in [0.3, 0.4) is 0 Å². The molecule has 0 aromatic carbocycles. The van der Waals surface area contributed by atoms with E-state index in [0.717, 1.165) is 5.92 Å². The van der Waals surface area contributed by atoms with Crippen LogP contribution in [0.25, 0.3) is 0 Å². The zero-order valence-electron chi connectivity index (χ0n) is 10.4. The van der Waals surface area contributed by atoms with Crippen LogP contribution >= 0.6 is 0 Å². The molecule has 2 fully saturated rings. The van der Waals surface area contributed by atoms with Crippen molar-refractivity contribution < 1.29 is 0 Å². The molecule has 2 saturated heterocycles. The molecule has 0 amide bonds. The fraction of sp³-hybridized carbons (Fsp3) is 1.00. The van der Waals surface area contributed by atoms with Gasteiger partial charge < -0.3 is 5.32 Å². The van der Waals surface area contributed by atoms with Gasteiger partial charge in [-0.05, 0) is 71.6 Å². The maximum absolute atomic E-state index is 3.46. The van der Waals surface area contributed by atoms with E-state index in [9.17, 15) is 0 Å². The van der Waals surface area contributed by atoms with Crippen molar-refractivity contribution in [2.45, 2.75) is 51.5 Å². The molecule has 2 nitrogen and oxygen atoms in total. The summed E-state index contributed by atoms with van der Waals surface area (Å²) >= 11 is 0. The van der Waals surface area contributed by atoms with E-state index in [1.165, 1.54) is 58.3 Å². The first-order valence-corrected chi connectivity index (χ1v) is 6.64. The van der Waals surface area contributed by atoms with Crippen molar-refractivity contribution in [3.05, 3.63) is 0 Å². The third-order valence-electron chi connectivity index (χ3n) is 4.29. The molecular weight excluding hydrogens is 184 g/mol. The maximum atomic E-state index is 3.46. The van der Waals surface area contributed by atoms with Crippen molar-refractivity contribution in [1.82, 2.24) is 10.2 Å². The molecule has 0 spiro atoms. The molecule has 0 saturated carbocycles. The third kappa shape index (κ3) is 2.94. The summed E-state index contributed by atoms with van der Waals surface area (Å²) in [5.74, 6) is 0.947. The summed E-state index contributed by atoms with van der Waals surface area (Å²) < 4.78 is 0. The highest BCUT2D eigenvalue weighted by Gasteiger charge is 2.29. The SMILES string of the molecule is CC1(C)CCCCN1CCC1CCNC1. The maximum Gasteiger partial charge on any atom is 0.0153 e. The second kappa shape index (κ2) is 4.84. The van der Waals surface area contributed by atoms with Gasteiger partial charge in [-0.15, -0.1) is 0 Å². The van der Waals surface area contributed by atoms with Gasteiger partial charge in [0.15, 0.2) is 0 Å². The molecule has 1 N–H and O–H groups in total. The fourth-order valence-corrected chi connectivity index (χ4v) is 3.03. The molecule has 0 aromatic rings. The zero-order valence-corrected chi connectivity index (χ0v) is 10.4. The lowest BCUT2D eigenvalue weighted by atomic mass is 9.89. The average Bonchev–Trinajstić information content (AvgIpc) is 2.68. The normalized spacial score (nSPS) is 32.0. The largest absolute Gasteiger partial charge is 0.316 e. The molecule has 2 heteroatoms. The molecule has 0 aliphatic carbocycles. The summed E-state index contributed by atoms with van der Waals surface area (Å²) in [5.41, 5.74) is 0.463. The van der Waals surface area contributed by atoms with Gasteiger partial charge in [-0.25, -0.2) is 0 Å². The number of likely N-dealkylation sites (tertiary alicyclic amines) is 1. The Hall–Kier alpha value is -0.0800. The van der Waals surface area contributed by atoms with E-state index < -0.39 is 0 Å². The van der Waals surface area contributed by atoms with Crippen LogP contribution in [-0.4, -0.2) is 36.6 Å². The van der Waals surface area contributed by atoms with E-state index in [4.69, 9.17) is 0 Å². The van der Waals surface area contributed by atoms with Crippen LogP contribution < -0.4 is 5.32 Å². The smallest absolute Gasteiger partial charge is 0.0153 e. The average molecular weight is 210 g/mol. The topological polar surface area (TPSA) is 15.3 Å². The minimum Gasteiger partial charge on any atom is -0.316 e. The highest BCUT2D eigenvalue weighted by molar-refractivity contribution is 4.86. The zero-order chi connectivity index (χ0) is 10.7. The summed E-state index contributed by atoms with van der Waals surface area (Å²) in [5, 5.41) is 3.46. The van der Waals surface area contributed by atoms with Gasteiger partial charge >= 0.3 is 0 Å². The van der Waals surface area contributed by atoms with Gasteiger partial charge in [0.2, 0.25) is 0 Å². The Morgan fingerprint density at radius 2 is 2.20 bits per heavy atom. The van der Waals surface area contributed by atoms with Crippen LogP contribution in [0.4, 0.5) is 0 Å². The second-order valence-electron chi connectivity index (χ2n) is 5.90. The summed E-state index contributed by atoms with van der Waals surface area (Å²) in [7, 11) is 0. The lowest BCUT2D eigenvalue weighted by molar-refractivity contribution is 0.0716. The number of nitrogens with one attached hydrogen (secondary N) is 1. The van der Waals surface area contributed by atoms with E-state index in [0.29, 0.717) is 5.54 Å². The van der Waals surface area contributed by atoms with E-state index >= 15 is 0 Å². The summed E-state index contributed by atoms with van der Waals surface area (Å²) in [6, 6.07) is 0. The molecular formula is C13H26N2. The number of hydrogen-bond donors (Lipinski definition) is 1. The Balaban J connectivity index is 1.76. The van der Waals surface area contributed by atoms with E-state index in [-0.39, 0.29) is 0 Å². The quantitative estimate of drug-likeness (QED) is 0.768. The molecule has 1 unspecified atom stereocenters. The van der Waals surface area contributed by atoms with Crippen LogP contribution in [0.15, 0.2) is 0 Å². The van der Waals surface area contributed by atoms with Gasteiger partial charge in [-0.3, -0.25) is 4.90 Å². The van der Waals surface area contributed by atoms with Crippen molar-refractivity contribution in [1.29, 1.82) is 0 Å². The molecule has 2 aliphatic heterocycles. The number of piperidine rings is 1. The highest BCUT2D eigenvalue weighted by Crippen LogP contribution is 2.28. The van der Waals surface area contributed by atoms with Crippen LogP contribution in [0.2, 0.25) is 0 Å². The molecule has 88 valence electrons. The molecule has 2 heterocycles. The van der Waals surface area contributed by atoms with Gasteiger partial charge in [0.1, 0.15) is 0 Å². The Morgan fingerprint density at radius 3 is 2.87 bits per heavy atom.